The predicted octanol–water partition coefficient (Wildman–Crippen LogP) is 2.65. The highest BCUT2D eigenvalue weighted by molar-refractivity contribution is 5.06. The third kappa shape index (κ3) is 3.14. The number of likely N-dealkylation sites (tertiary alicyclic amines) is 1. The highest BCUT2D eigenvalue weighted by atomic mass is 16.5. The maximum atomic E-state index is 5.90. The van der Waals surface area contributed by atoms with Gasteiger partial charge < -0.3 is 15.0 Å². The van der Waals surface area contributed by atoms with Crippen LogP contribution in [0.4, 0.5) is 0 Å². The highest BCUT2D eigenvalue weighted by Crippen LogP contribution is 2.46. The van der Waals surface area contributed by atoms with Gasteiger partial charge in [-0.2, -0.15) is 0 Å². The van der Waals surface area contributed by atoms with Crippen molar-refractivity contribution in [1.29, 1.82) is 0 Å². The fourth-order valence-electron chi connectivity index (χ4n) is 3.77. The van der Waals surface area contributed by atoms with Crippen LogP contribution in [0.3, 0.4) is 0 Å². The van der Waals surface area contributed by atoms with Gasteiger partial charge in [0.05, 0.1) is 6.10 Å². The summed E-state index contributed by atoms with van der Waals surface area (Å²) in [5, 5.41) is 3.93. The first-order chi connectivity index (χ1) is 9.13. The Labute approximate surface area is 119 Å². The smallest absolute Gasteiger partial charge is 0.0658 e. The Morgan fingerprint density at radius 2 is 2.11 bits per heavy atom. The van der Waals surface area contributed by atoms with E-state index in [4.69, 9.17) is 4.74 Å². The van der Waals surface area contributed by atoms with Crippen molar-refractivity contribution in [3.63, 3.8) is 0 Å². The first-order valence-corrected chi connectivity index (χ1v) is 8.24. The van der Waals surface area contributed by atoms with Crippen LogP contribution in [0.5, 0.6) is 0 Å². The molecule has 0 aromatic carbocycles. The molecule has 1 N–H and O–H groups in total. The third-order valence-electron chi connectivity index (χ3n) is 5.50. The van der Waals surface area contributed by atoms with E-state index in [0.717, 1.165) is 6.61 Å². The zero-order chi connectivity index (χ0) is 13.9. The zero-order valence-electron chi connectivity index (χ0n) is 13.2. The van der Waals surface area contributed by atoms with Crippen molar-refractivity contribution in [2.45, 2.75) is 71.6 Å². The molecule has 2 rings (SSSR count). The number of likely N-dealkylation sites (N-methyl/N-ethyl adjacent to an activating group) is 1. The minimum absolute atomic E-state index is 0.338. The molecule has 1 aliphatic carbocycles. The van der Waals surface area contributed by atoms with Crippen molar-refractivity contribution in [2.24, 2.45) is 5.41 Å². The lowest BCUT2D eigenvalue weighted by Gasteiger charge is -2.55. The Bertz CT molecular complexity index is 284. The molecular weight excluding hydrogens is 236 g/mol. The second-order valence-corrected chi connectivity index (χ2v) is 6.49. The fraction of sp³-hybridized carbons (Fsp3) is 1.00. The highest BCUT2D eigenvalue weighted by Gasteiger charge is 2.51. The molecule has 0 radical (unpaired) electrons. The number of nitrogens with one attached hydrogen (secondary N) is 1. The molecule has 0 aromatic heterocycles. The van der Waals surface area contributed by atoms with E-state index in [9.17, 15) is 0 Å². The molecule has 4 atom stereocenters. The number of ether oxygens (including phenoxy) is 1. The van der Waals surface area contributed by atoms with Gasteiger partial charge in [0.2, 0.25) is 0 Å². The van der Waals surface area contributed by atoms with Gasteiger partial charge in [0.25, 0.3) is 0 Å². The number of hydrogen-bond acceptors (Lipinski definition) is 3. The van der Waals surface area contributed by atoms with Gasteiger partial charge in [-0.25, -0.2) is 0 Å². The SMILES string of the molecule is CCOC1CC(NC2CCCN(CC)C2)C1(C)CC. The molecule has 2 fully saturated rings. The lowest BCUT2D eigenvalue weighted by molar-refractivity contribution is -0.129. The van der Waals surface area contributed by atoms with Gasteiger partial charge in [0, 0.05) is 30.7 Å². The van der Waals surface area contributed by atoms with Gasteiger partial charge in [0.15, 0.2) is 0 Å². The summed E-state index contributed by atoms with van der Waals surface area (Å²) < 4.78 is 5.90. The van der Waals surface area contributed by atoms with E-state index in [1.54, 1.807) is 0 Å². The number of hydrogen-bond donors (Lipinski definition) is 1. The first kappa shape index (κ1) is 15.3. The molecule has 3 heteroatoms. The van der Waals surface area contributed by atoms with Crippen molar-refractivity contribution in [3.05, 3.63) is 0 Å². The van der Waals surface area contributed by atoms with E-state index in [1.807, 2.05) is 0 Å². The second-order valence-electron chi connectivity index (χ2n) is 6.49. The molecule has 2 aliphatic rings. The summed E-state index contributed by atoms with van der Waals surface area (Å²) in [4.78, 5) is 2.57. The van der Waals surface area contributed by atoms with Gasteiger partial charge in [-0.3, -0.25) is 0 Å². The Kier molecular flexibility index (Phi) is 5.27. The largest absolute Gasteiger partial charge is 0.378 e. The topological polar surface area (TPSA) is 24.5 Å². The van der Waals surface area contributed by atoms with E-state index in [0.29, 0.717) is 23.6 Å². The maximum absolute atomic E-state index is 5.90. The van der Waals surface area contributed by atoms with E-state index in [2.05, 4.69) is 37.9 Å². The number of piperidine rings is 1. The minimum atomic E-state index is 0.338. The van der Waals surface area contributed by atoms with Crippen molar-refractivity contribution < 1.29 is 4.74 Å². The monoisotopic (exact) mass is 268 g/mol. The van der Waals surface area contributed by atoms with E-state index < -0.39 is 0 Å². The molecule has 1 aliphatic heterocycles. The van der Waals surface area contributed by atoms with Crippen LogP contribution in [0.2, 0.25) is 0 Å². The Morgan fingerprint density at radius 3 is 2.74 bits per heavy atom. The van der Waals surface area contributed by atoms with Crippen LogP contribution in [0.25, 0.3) is 0 Å². The van der Waals surface area contributed by atoms with Crippen molar-refractivity contribution >= 4 is 0 Å². The molecule has 0 spiro atoms. The summed E-state index contributed by atoms with van der Waals surface area (Å²) in [6.07, 6.45) is 5.55. The average molecular weight is 268 g/mol. The number of nitrogens with zero attached hydrogens (tertiary/aromatic N) is 1. The Hall–Kier alpha value is -0.120. The van der Waals surface area contributed by atoms with Gasteiger partial charge in [-0.15, -0.1) is 0 Å². The Balaban J connectivity index is 1.86. The predicted molar refractivity (Wildman–Crippen MR) is 80.5 cm³/mol. The van der Waals surface area contributed by atoms with E-state index >= 15 is 0 Å². The van der Waals surface area contributed by atoms with E-state index in [-0.39, 0.29) is 0 Å². The third-order valence-corrected chi connectivity index (χ3v) is 5.50. The first-order valence-electron chi connectivity index (χ1n) is 8.24. The molecule has 1 saturated carbocycles. The van der Waals surface area contributed by atoms with Crippen LogP contribution in [-0.4, -0.2) is 49.3 Å². The molecule has 0 aromatic rings. The number of rotatable bonds is 6. The molecule has 4 unspecified atom stereocenters. The summed E-state index contributed by atoms with van der Waals surface area (Å²) in [7, 11) is 0. The van der Waals surface area contributed by atoms with Crippen LogP contribution in [-0.2, 0) is 4.74 Å². The maximum Gasteiger partial charge on any atom is 0.0658 e. The lowest BCUT2D eigenvalue weighted by Crippen LogP contribution is -2.65. The van der Waals surface area contributed by atoms with Crippen LogP contribution >= 0.6 is 0 Å². The molecule has 0 bridgehead atoms. The zero-order valence-corrected chi connectivity index (χ0v) is 13.2. The fourth-order valence-corrected chi connectivity index (χ4v) is 3.77. The quantitative estimate of drug-likeness (QED) is 0.801. The minimum Gasteiger partial charge on any atom is -0.378 e. The summed E-state index contributed by atoms with van der Waals surface area (Å²) in [5.41, 5.74) is 0.338. The van der Waals surface area contributed by atoms with Gasteiger partial charge >= 0.3 is 0 Å². The van der Waals surface area contributed by atoms with Crippen LogP contribution in [0, 0.1) is 5.41 Å². The summed E-state index contributed by atoms with van der Waals surface area (Å²) in [6.45, 7) is 13.6. The summed E-state index contributed by atoms with van der Waals surface area (Å²) >= 11 is 0. The molecule has 1 saturated heterocycles. The molecule has 3 nitrogen and oxygen atoms in total. The summed E-state index contributed by atoms with van der Waals surface area (Å²) in [6, 6.07) is 1.34. The average Bonchev–Trinajstić information content (AvgIpc) is 2.45. The normalized spacial score (nSPS) is 40.1. The van der Waals surface area contributed by atoms with E-state index in [1.165, 1.54) is 45.3 Å². The second kappa shape index (κ2) is 6.55. The van der Waals surface area contributed by atoms with Crippen molar-refractivity contribution in [2.75, 3.05) is 26.2 Å². The molecule has 112 valence electrons. The van der Waals surface area contributed by atoms with Gasteiger partial charge in [-0.05, 0) is 45.7 Å². The summed E-state index contributed by atoms with van der Waals surface area (Å²) in [5.74, 6) is 0. The molecule has 19 heavy (non-hydrogen) atoms. The standard InChI is InChI=1S/C16H32N2O/c1-5-16(4)14(11-15(16)19-7-3)17-13-9-8-10-18(6-2)12-13/h13-15,17H,5-12H2,1-4H3. The van der Waals surface area contributed by atoms with Crippen molar-refractivity contribution in [1.82, 2.24) is 10.2 Å². The molecular formula is C16H32N2O. The van der Waals surface area contributed by atoms with Crippen LogP contribution in [0.15, 0.2) is 0 Å². The van der Waals surface area contributed by atoms with Crippen molar-refractivity contribution in [3.8, 4) is 0 Å². The lowest BCUT2D eigenvalue weighted by atomic mass is 9.61. The van der Waals surface area contributed by atoms with Crippen LogP contribution in [0.1, 0.15) is 53.4 Å². The molecule has 1 heterocycles. The molecule has 0 amide bonds. The van der Waals surface area contributed by atoms with Crippen LogP contribution < -0.4 is 5.32 Å². The van der Waals surface area contributed by atoms with Gasteiger partial charge in [-0.1, -0.05) is 20.8 Å². The Morgan fingerprint density at radius 1 is 1.32 bits per heavy atom. The van der Waals surface area contributed by atoms with Gasteiger partial charge in [0.1, 0.15) is 0 Å².